The average Bonchev–Trinajstić information content (AvgIpc) is 2.30. The van der Waals surface area contributed by atoms with E-state index < -0.39 is 6.36 Å². The summed E-state index contributed by atoms with van der Waals surface area (Å²) in [4.78, 5) is 0. The van der Waals surface area contributed by atoms with E-state index in [0.717, 1.165) is 5.75 Å². The molecule has 0 aliphatic rings. The normalized spacial score (nSPS) is 13.4. The van der Waals surface area contributed by atoms with Gasteiger partial charge in [-0.3, -0.25) is 0 Å². The summed E-state index contributed by atoms with van der Waals surface area (Å²) >= 11 is 1.66. The third-order valence-corrected chi connectivity index (χ3v) is 3.33. The van der Waals surface area contributed by atoms with Crippen LogP contribution in [0.1, 0.15) is 18.5 Å². The van der Waals surface area contributed by atoms with Gasteiger partial charge in [0.2, 0.25) is 0 Å². The smallest absolute Gasteiger partial charge is 0.405 e. The number of nitrogens with one attached hydrogen (secondary N) is 1. The molecular weight excluding hydrogens is 263 g/mol. The standard InChI is InChI=1S/C12H16F3NOS/c1-3-18-8-10(16-2)9-6-4-5-7-11(9)17-12(13,14)15/h4-7,10,16H,3,8H2,1-2H3. The molecule has 1 atom stereocenters. The van der Waals surface area contributed by atoms with Crippen molar-refractivity contribution in [2.45, 2.75) is 19.3 Å². The summed E-state index contributed by atoms with van der Waals surface area (Å²) in [7, 11) is 1.73. The second-order valence-corrected chi connectivity index (χ2v) is 4.91. The van der Waals surface area contributed by atoms with Crippen LogP contribution < -0.4 is 10.1 Å². The summed E-state index contributed by atoms with van der Waals surface area (Å²) in [6.07, 6.45) is -4.66. The molecule has 18 heavy (non-hydrogen) atoms. The topological polar surface area (TPSA) is 21.3 Å². The van der Waals surface area contributed by atoms with Crippen LogP contribution in [0.25, 0.3) is 0 Å². The Hall–Kier alpha value is -0.880. The van der Waals surface area contributed by atoms with E-state index in [9.17, 15) is 13.2 Å². The Morgan fingerprint density at radius 3 is 2.56 bits per heavy atom. The Bertz CT molecular complexity index is 371. The largest absolute Gasteiger partial charge is 0.573 e. The minimum absolute atomic E-state index is 0.138. The number of halogens is 3. The summed E-state index contributed by atoms with van der Waals surface area (Å²) in [6, 6.07) is 6.07. The van der Waals surface area contributed by atoms with Crippen molar-refractivity contribution >= 4 is 11.8 Å². The van der Waals surface area contributed by atoms with Crippen LogP contribution in [0.4, 0.5) is 13.2 Å². The first kappa shape index (κ1) is 15.2. The summed E-state index contributed by atoms with van der Waals surface area (Å²) < 4.78 is 40.9. The first-order valence-electron chi connectivity index (χ1n) is 5.57. The molecule has 0 aliphatic heterocycles. The fraction of sp³-hybridized carbons (Fsp3) is 0.500. The Morgan fingerprint density at radius 1 is 1.33 bits per heavy atom. The first-order valence-corrected chi connectivity index (χ1v) is 6.73. The van der Waals surface area contributed by atoms with E-state index in [1.165, 1.54) is 12.1 Å². The van der Waals surface area contributed by atoms with Crippen molar-refractivity contribution < 1.29 is 17.9 Å². The highest BCUT2D eigenvalue weighted by molar-refractivity contribution is 7.99. The lowest BCUT2D eigenvalue weighted by atomic mass is 10.1. The van der Waals surface area contributed by atoms with Crippen molar-refractivity contribution in [3.05, 3.63) is 29.8 Å². The highest BCUT2D eigenvalue weighted by Crippen LogP contribution is 2.31. The van der Waals surface area contributed by atoms with E-state index in [-0.39, 0.29) is 11.8 Å². The van der Waals surface area contributed by atoms with Gasteiger partial charge >= 0.3 is 6.36 Å². The molecular formula is C12H16F3NOS. The van der Waals surface area contributed by atoms with Gasteiger partial charge in [0.15, 0.2) is 0 Å². The lowest BCUT2D eigenvalue weighted by molar-refractivity contribution is -0.275. The van der Waals surface area contributed by atoms with Crippen LogP contribution in [-0.4, -0.2) is 24.9 Å². The molecule has 1 aromatic rings. The van der Waals surface area contributed by atoms with E-state index in [2.05, 4.69) is 10.1 Å². The maximum Gasteiger partial charge on any atom is 0.573 e. The lowest BCUT2D eigenvalue weighted by Crippen LogP contribution is -2.23. The van der Waals surface area contributed by atoms with E-state index in [1.807, 2.05) is 6.92 Å². The van der Waals surface area contributed by atoms with Gasteiger partial charge in [0, 0.05) is 17.4 Å². The molecule has 0 aliphatic carbocycles. The summed E-state index contributed by atoms with van der Waals surface area (Å²) in [6.45, 7) is 2.01. The van der Waals surface area contributed by atoms with Crippen LogP contribution >= 0.6 is 11.8 Å². The van der Waals surface area contributed by atoms with Gasteiger partial charge in [-0.15, -0.1) is 13.2 Å². The van der Waals surface area contributed by atoms with Crippen LogP contribution in [0, 0.1) is 0 Å². The minimum Gasteiger partial charge on any atom is -0.405 e. The third-order valence-electron chi connectivity index (χ3n) is 2.36. The Labute approximate surface area is 109 Å². The lowest BCUT2D eigenvalue weighted by Gasteiger charge is -2.20. The summed E-state index contributed by atoms with van der Waals surface area (Å²) in [5.74, 6) is 1.48. The molecule has 1 rings (SSSR count). The fourth-order valence-corrected chi connectivity index (χ4v) is 2.37. The van der Waals surface area contributed by atoms with Gasteiger partial charge in [-0.05, 0) is 18.9 Å². The molecule has 0 bridgehead atoms. The molecule has 0 saturated carbocycles. The second kappa shape index (κ2) is 6.89. The van der Waals surface area contributed by atoms with Crippen molar-refractivity contribution in [1.29, 1.82) is 0 Å². The molecule has 1 aromatic carbocycles. The number of rotatable bonds is 6. The minimum atomic E-state index is -4.66. The number of ether oxygens (including phenoxy) is 1. The van der Waals surface area contributed by atoms with Gasteiger partial charge in [-0.2, -0.15) is 11.8 Å². The van der Waals surface area contributed by atoms with Crippen molar-refractivity contribution in [2.75, 3.05) is 18.6 Å². The van der Waals surface area contributed by atoms with E-state index in [0.29, 0.717) is 11.3 Å². The molecule has 0 spiro atoms. The maximum atomic E-state index is 12.3. The van der Waals surface area contributed by atoms with Crippen LogP contribution in [-0.2, 0) is 0 Å². The number of hydrogen-bond donors (Lipinski definition) is 1. The van der Waals surface area contributed by atoms with Crippen LogP contribution in [0.5, 0.6) is 5.75 Å². The molecule has 0 heterocycles. The van der Waals surface area contributed by atoms with E-state index >= 15 is 0 Å². The predicted octanol–water partition coefficient (Wildman–Crippen LogP) is 3.60. The molecule has 0 aromatic heterocycles. The zero-order chi connectivity index (χ0) is 13.6. The van der Waals surface area contributed by atoms with Crippen LogP contribution in [0.3, 0.4) is 0 Å². The molecule has 1 N–H and O–H groups in total. The van der Waals surface area contributed by atoms with Crippen molar-refractivity contribution in [3.8, 4) is 5.75 Å². The highest BCUT2D eigenvalue weighted by Gasteiger charge is 2.32. The average molecular weight is 279 g/mol. The number of alkyl halides is 3. The Morgan fingerprint density at radius 2 is 2.00 bits per heavy atom. The van der Waals surface area contributed by atoms with Crippen molar-refractivity contribution in [1.82, 2.24) is 5.32 Å². The van der Waals surface area contributed by atoms with Gasteiger partial charge in [-0.25, -0.2) is 0 Å². The molecule has 0 fully saturated rings. The molecule has 2 nitrogen and oxygen atoms in total. The molecule has 102 valence electrons. The highest BCUT2D eigenvalue weighted by atomic mass is 32.2. The van der Waals surface area contributed by atoms with Crippen LogP contribution in [0.15, 0.2) is 24.3 Å². The predicted molar refractivity (Wildman–Crippen MR) is 67.9 cm³/mol. The zero-order valence-corrected chi connectivity index (χ0v) is 11.1. The second-order valence-electron chi connectivity index (χ2n) is 3.59. The van der Waals surface area contributed by atoms with Crippen molar-refractivity contribution in [2.24, 2.45) is 0 Å². The van der Waals surface area contributed by atoms with Gasteiger partial charge in [0.05, 0.1) is 0 Å². The molecule has 0 radical (unpaired) electrons. The van der Waals surface area contributed by atoms with E-state index in [4.69, 9.17) is 0 Å². The maximum absolute atomic E-state index is 12.3. The van der Waals surface area contributed by atoms with Gasteiger partial charge in [-0.1, -0.05) is 25.1 Å². The van der Waals surface area contributed by atoms with Crippen molar-refractivity contribution in [3.63, 3.8) is 0 Å². The molecule has 0 saturated heterocycles. The molecule has 1 unspecified atom stereocenters. The quantitative estimate of drug-likeness (QED) is 0.859. The molecule has 6 heteroatoms. The zero-order valence-electron chi connectivity index (χ0n) is 10.3. The van der Waals surface area contributed by atoms with Crippen LogP contribution in [0.2, 0.25) is 0 Å². The monoisotopic (exact) mass is 279 g/mol. The van der Waals surface area contributed by atoms with E-state index in [1.54, 1.807) is 30.9 Å². The SMILES string of the molecule is CCSCC(NC)c1ccccc1OC(F)(F)F. The van der Waals surface area contributed by atoms with Gasteiger partial charge < -0.3 is 10.1 Å². The number of benzene rings is 1. The number of hydrogen-bond acceptors (Lipinski definition) is 3. The Balaban J connectivity index is 2.91. The number of thioether (sulfide) groups is 1. The third kappa shape index (κ3) is 4.78. The first-order chi connectivity index (χ1) is 8.48. The van der Waals surface area contributed by atoms with Gasteiger partial charge in [0.25, 0.3) is 0 Å². The number of para-hydroxylation sites is 1. The van der Waals surface area contributed by atoms with Gasteiger partial charge in [0.1, 0.15) is 5.75 Å². The summed E-state index contributed by atoms with van der Waals surface area (Å²) in [5.41, 5.74) is 0.526. The molecule has 0 amide bonds. The fourth-order valence-electron chi connectivity index (χ4n) is 1.55. The summed E-state index contributed by atoms with van der Waals surface area (Å²) in [5, 5.41) is 3.01. The Kier molecular flexibility index (Phi) is 5.81.